The lowest BCUT2D eigenvalue weighted by atomic mass is 10.0. The number of hydrogen-bond donors (Lipinski definition) is 4. The average Bonchev–Trinajstić information content (AvgIpc) is 3.19. The number of fused-ring (bicyclic) bond motifs is 1. The molecule has 0 aliphatic carbocycles. The molecular weight excluding hydrogens is 399 g/mol. The maximum Gasteiger partial charge on any atom is 0.256 e. The fourth-order valence-corrected chi connectivity index (χ4v) is 4.01. The number of nitrogens with two attached hydrogens (primary N) is 1. The Kier molecular flexibility index (Phi) is 5.65. The van der Waals surface area contributed by atoms with Crippen molar-refractivity contribution in [2.75, 3.05) is 24.5 Å². The van der Waals surface area contributed by atoms with Crippen LogP contribution < -0.4 is 21.4 Å². The molecule has 0 radical (unpaired) electrons. The van der Waals surface area contributed by atoms with Crippen LogP contribution >= 0.6 is 0 Å². The van der Waals surface area contributed by atoms with E-state index < -0.39 is 17.2 Å². The number of nitrogens with one attached hydrogen (secondary N) is 2. The van der Waals surface area contributed by atoms with Crippen LogP contribution in [0.5, 0.6) is 5.75 Å². The lowest BCUT2D eigenvalue weighted by Gasteiger charge is -2.21. The number of nitrogens with zero attached hydrogens (tertiary/aromatic N) is 1. The Hall–Kier alpha value is -3.39. The van der Waals surface area contributed by atoms with E-state index >= 15 is 0 Å². The molecule has 0 spiro atoms. The summed E-state index contributed by atoms with van der Waals surface area (Å²) in [4.78, 5) is 30.0. The van der Waals surface area contributed by atoms with Crippen LogP contribution in [0.1, 0.15) is 35.2 Å². The Bertz CT molecular complexity index is 1180. The van der Waals surface area contributed by atoms with E-state index in [0.29, 0.717) is 26.1 Å². The van der Waals surface area contributed by atoms with Crippen molar-refractivity contribution in [3.63, 3.8) is 0 Å². The molecule has 3 aromatic rings. The first-order valence-electron chi connectivity index (χ1n) is 10.3. The van der Waals surface area contributed by atoms with Crippen LogP contribution in [0.2, 0.25) is 0 Å². The zero-order valence-corrected chi connectivity index (χ0v) is 17.2. The number of carbonyl (C=O) groups excluding carboxylic acids is 1. The number of aromatic nitrogens is 1. The Balaban J connectivity index is 1.60. The van der Waals surface area contributed by atoms with Crippen LogP contribution in [-0.2, 0) is 0 Å². The van der Waals surface area contributed by atoms with Crippen molar-refractivity contribution in [2.24, 2.45) is 5.73 Å². The van der Waals surface area contributed by atoms with Crippen molar-refractivity contribution in [1.82, 2.24) is 10.3 Å². The first kappa shape index (κ1) is 20.9. The van der Waals surface area contributed by atoms with Gasteiger partial charge in [-0.2, -0.15) is 0 Å². The highest BCUT2D eigenvalue weighted by Crippen LogP contribution is 2.37. The minimum atomic E-state index is -0.722. The molecule has 5 N–H and O–H groups in total. The smallest absolute Gasteiger partial charge is 0.256 e. The molecule has 162 valence electrons. The van der Waals surface area contributed by atoms with E-state index in [9.17, 15) is 19.1 Å². The lowest BCUT2D eigenvalue weighted by molar-refractivity contribution is 0.0950. The fraction of sp³-hybridized carbons (Fsp3) is 0.304. The minimum Gasteiger partial charge on any atom is -0.504 e. The SMILES string of the molecule is CC(CNC(=O)c1c[nH]c2c(O)c(N3CCC(N)C3)c(F)cc2c1=O)c1ccccc1. The molecule has 2 atom stereocenters. The predicted octanol–water partition coefficient (Wildman–Crippen LogP) is 2.44. The molecule has 2 aromatic carbocycles. The first-order valence-corrected chi connectivity index (χ1v) is 10.3. The standard InChI is InChI=1S/C23H25FN4O3/c1-13(14-5-3-2-4-6-14)10-27-23(31)17-11-26-19-16(21(17)29)9-18(24)20(22(19)30)28-8-7-15(25)12-28/h2-6,9,11,13,15,30H,7-8,10,12,25H2,1H3,(H,26,29)(H,27,31). The first-order chi connectivity index (χ1) is 14.9. The second kappa shape index (κ2) is 8.39. The molecule has 1 aliphatic rings. The van der Waals surface area contributed by atoms with Gasteiger partial charge in [-0.3, -0.25) is 9.59 Å². The van der Waals surface area contributed by atoms with Gasteiger partial charge in [-0.15, -0.1) is 0 Å². The highest BCUT2D eigenvalue weighted by atomic mass is 19.1. The highest BCUT2D eigenvalue weighted by molar-refractivity contribution is 5.99. The van der Waals surface area contributed by atoms with E-state index in [0.717, 1.165) is 11.6 Å². The van der Waals surface area contributed by atoms with Gasteiger partial charge in [0.2, 0.25) is 5.43 Å². The molecule has 0 bridgehead atoms. The second-order valence-corrected chi connectivity index (χ2v) is 8.03. The van der Waals surface area contributed by atoms with Crippen LogP contribution in [0.15, 0.2) is 47.4 Å². The summed E-state index contributed by atoms with van der Waals surface area (Å²) in [5, 5.41) is 13.3. The number of amides is 1. The number of aromatic amines is 1. The molecule has 1 amide bonds. The summed E-state index contributed by atoms with van der Waals surface area (Å²) in [6.45, 7) is 3.25. The lowest BCUT2D eigenvalue weighted by Crippen LogP contribution is -2.31. The Labute approximate surface area is 178 Å². The van der Waals surface area contributed by atoms with Crippen molar-refractivity contribution in [1.29, 1.82) is 0 Å². The molecule has 2 heterocycles. The maximum absolute atomic E-state index is 14.8. The van der Waals surface area contributed by atoms with Crippen molar-refractivity contribution >= 4 is 22.5 Å². The topological polar surface area (TPSA) is 111 Å². The summed E-state index contributed by atoms with van der Waals surface area (Å²) < 4.78 is 14.8. The van der Waals surface area contributed by atoms with Gasteiger partial charge in [-0.05, 0) is 24.0 Å². The van der Waals surface area contributed by atoms with Gasteiger partial charge in [0.15, 0.2) is 11.6 Å². The average molecular weight is 424 g/mol. The van der Waals surface area contributed by atoms with E-state index in [1.165, 1.54) is 6.20 Å². The van der Waals surface area contributed by atoms with Gasteiger partial charge in [0.05, 0.1) is 10.9 Å². The third kappa shape index (κ3) is 3.98. The predicted molar refractivity (Wildman–Crippen MR) is 118 cm³/mol. The molecule has 1 aliphatic heterocycles. The van der Waals surface area contributed by atoms with Crippen molar-refractivity contribution in [2.45, 2.75) is 25.3 Å². The van der Waals surface area contributed by atoms with E-state index in [-0.39, 0.29) is 39.9 Å². The summed E-state index contributed by atoms with van der Waals surface area (Å²) in [7, 11) is 0. The van der Waals surface area contributed by atoms with Gasteiger partial charge in [-0.1, -0.05) is 37.3 Å². The molecule has 8 heteroatoms. The third-order valence-corrected chi connectivity index (χ3v) is 5.80. The van der Waals surface area contributed by atoms with Gasteiger partial charge in [0.1, 0.15) is 11.3 Å². The van der Waals surface area contributed by atoms with Crippen LogP contribution in [-0.4, -0.2) is 41.7 Å². The van der Waals surface area contributed by atoms with Gasteiger partial charge >= 0.3 is 0 Å². The van der Waals surface area contributed by atoms with Gasteiger partial charge in [0.25, 0.3) is 5.91 Å². The largest absolute Gasteiger partial charge is 0.504 e. The fourth-order valence-electron chi connectivity index (χ4n) is 4.01. The second-order valence-electron chi connectivity index (χ2n) is 8.03. The number of phenols is 1. The minimum absolute atomic E-state index is 0.0185. The number of rotatable bonds is 5. The molecule has 0 saturated carbocycles. The molecule has 7 nitrogen and oxygen atoms in total. The number of benzene rings is 2. The number of H-pyrrole nitrogens is 1. The molecule has 1 fully saturated rings. The maximum atomic E-state index is 14.8. The molecule has 1 saturated heterocycles. The van der Waals surface area contributed by atoms with Crippen LogP contribution in [0.3, 0.4) is 0 Å². The summed E-state index contributed by atoms with van der Waals surface area (Å²) >= 11 is 0. The Morgan fingerprint density at radius 2 is 2.13 bits per heavy atom. The number of phenolic OH excluding ortho intramolecular Hbond substituents is 1. The van der Waals surface area contributed by atoms with E-state index in [2.05, 4.69) is 10.3 Å². The monoisotopic (exact) mass is 424 g/mol. The molecule has 4 rings (SSSR count). The van der Waals surface area contributed by atoms with Gasteiger partial charge in [-0.25, -0.2) is 4.39 Å². The summed E-state index contributed by atoms with van der Waals surface area (Å²) in [6, 6.07) is 10.7. The van der Waals surface area contributed by atoms with Crippen molar-refractivity contribution in [3.05, 3.63) is 69.8 Å². The summed E-state index contributed by atoms with van der Waals surface area (Å²) in [5.41, 5.74) is 6.29. The number of anilines is 1. The Morgan fingerprint density at radius 3 is 2.81 bits per heavy atom. The van der Waals surface area contributed by atoms with Gasteiger partial charge < -0.3 is 26.0 Å². The zero-order chi connectivity index (χ0) is 22.1. The molecule has 2 unspecified atom stereocenters. The normalized spacial score (nSPS) is 17.1. The van der Waals surface area contributed by atoms with Gasteiger partial charge in [0, 0.05) is 31.9 Å². The highest BCUT2D eigenvalue weighted by Gasteiger charge is 2.27. The number of pyridine rings is 1. The number of aromatic hydroxyl groups is 1. The molecule has 1 aromatic heterocycles. The third-order valence-electron chi connectivity index (χ3n) is 5.80. The summed E-state index contributed by atoms with van der Waals surface area (Å²) in [6.07, 6.45) is 1.94. The van der Waals surface area contributed by atoms with E-state index in [1.54, 1.807) is 4.90 Å². The number of halogens is 1. The summed E-state index contributed by atoms with van der Waals surface area (Å²) in [5.74, 6) is -1.58. The van der Waals surface area contributed by atoms with Crippen LogP contribution in [0.25, 0.3) is 10.9 Å². The van der Waals surface area contributed by atoms with Crippen molar-refractivity contribution < 1.29 is 14.3 Å². The molecule has 31 heavy (non-hydrogen) atoms. The van der Waals surface area contributed by atoms with Crippen molar-refractivity contribution in [3.8, 4) is 5.75 Å². The Morgan fingerprint density at radius 1 is 1.39 bits per heavy atom. The van der Waals surface area contributed by atoms with E-state index in [4.69, 9.17) is 5.73 Å². The van der Waals surface area contributed by atoms with Crippen LogP contribution in [0, 0.1) is 5.82 Å². The zero-order valence-electron chi connectivity index (χ0n) is 17.2. The van der Waals surface area contributed by atoms with Crippen LogP contribution in [0.4, 0.5) is 10.1 Å². The number of hydrogen-bond acceptors (Lipinski definition) is 5. The molecular formula is C23H25FN4O3. The number of carbonyl (C=O) groups is 1. The van der Waals surface area contributed by atoms with E-state index in [1.807, 2.05) is 37.3 Å². The quantitative estimate of drug-likeness (QED) is 0.503.